The van der Waals surface area contributed by atoms with E-state index in [0.717, 1.165) is 5.56 Å². The van der Waals surface area contributed by atoms with Crippen LogP contribution >= 0.6 is 12.2 Å². The molecular formula is C15H19NO5S2. The Morgan fingerprint density at radius 3 is 2.74 bits per heavy atom. The molecule has 0 spiro atoms. The Morgan fingerprint density at radius 2 is 2.13 bits per heavy atom. The van der Waals surface area contributed by atoms with Gasteiger partial charge >= 0.3 is 0 Å². The van der Waals surface area contributed by atoms with Crippen LogP contribution in [0, 0.1) is 5.41 Å². The lowest BCUT2D eigenvalue weighted by Gasteiger charge is -2.15. The summed E-state index contributed by atoms with van der Waals surface area (Å²) in [6.07, 6.45) is 0. The van der Waals surface area contributed by atoms with Crippen molar-refractivity contribution in [3.05, 3.63) is 23.8 Å². The molecule has 1 aromatic carbocycles. The van der Waals surface area contributed by atoms with Crippen LogP contribution in [-0.4, -0.2) is 44.9 Å². The second-order valence-corrected chi connectivity index (χ2v) is 8.65. The van der Waals surface area contributed by atoms with Gasteiger partial charge in [0.05, 0.1) is 22.3 Å². The summed E-state index contributed by atoms with van der Waals surface area (Å²) in [6, 6.07) is 5.43. The molecule has 0 bridgehead atoms. The average molecular weight is 357 g/mol. The zero-order valence-electron chi connectivity index (χ0n) is 12.9. The monoisotopic (exact) mass is 357 g/mol. The molecule has 0 saturated heterocycles. The number of hydrogen-bond donors (Lipinski definition) is 1. The first-order valence-corrected chi connectivity index (χ1v) is 9.40. The Hall–Kier alpha value is -1.38. The minimum absolute atomic E-state index is 0.0345. The van der Waals surface area contributed by atoms with Crippen molar-refractivity contribution in [2.75, 3.05) is 26.3 Å². The summed E-state index contributed by atoms with van der Waals surface area (Å²) >= 11 is 5.21. The molecule has 126 valence electrons. The van der Waals surface area contributed by atoms with Crippen molar-refractivity contribution >= 4 is 27.0 Å². The molecular weight excluding hydrogens is 338 g/mol. The number of fused-ring (bicyclic) bond motifs is 1. The summed E-state index contributed by atoms with van der Waals surface area (Å²) in [5.41, 5.74) is 5.88. The smallest absolute Gasteiger partial charge is 0.231 e. The Labute approximate surface area is 140 Å². The minimum Gasteiger partial charge on any atom is -0.454 e. The second-order valence-electron chi connectivity index (χ2n) is 5.80. The number of nitrogens with two attached hydrogens (primary N) is 1. The van der Waals surface area contributed by atoms with E-state index >= 15 is 0 Å². The van der Waals surface area contributed by atoms with Gasteiger partial charge in [-0.1, -0.05) is 25.2 Å². The van der Waals surface area contributed by atoms with Crippen LogP contribution < -0.4 is 15.2 Å². The number of thiocarbonyl (C=S) groups is 1. The van der Waals surface area contributed by atoms with Crippen molar-refractivity contribution in [2.45, 2.75) is 18.1 Å². The molecule has 1 aliphatic heterocycles. The van der Waals surface area contributed by atoms with Gasteiger partial charge in [-0.15, -0.1) is 0 Å². The maximum atomic E-state index is 12.5. The maximum Gasteiger partial charge on any atom is 0.231 e. The van der Waals surface area contributed by atoms with E-state index in [2.05, 4.69) is 0 Å². The molecule has 0 aromatic heterocycles. The summed E-state index contributed by atoms with van der Waals surface area (Å²) in [5.74, 6) is 0.958. The molecule has 23 heavy (non-hydrogen) atoms. The zero-order chi connectivity index (χ0) is 16.8. The quantitative estimate of drug-likeness (QED) is 0.766. The van der Waals surface area contributed by atoms with Gasteiger partial charge in [0.1, 0.15) is 0 Å². The third kappa shape index (κ3) is 2.40. The second kappa shape index (κ2) is 5.61. The molecule has 0 unspecified atom stereocenters. The van der Waals surface area contributed by atoms with E-state index in [4.69, 9.17) is 32.2 Å². The van der Waals surface area contributed by atoms with Crippen molar-refractivity contribution in [2.24, 2.45) is 11.1 Å². The van der Waals surface area contributed by atoms with Crippen LogP contribution in [0.25, 0.3) is 0 Å². The van der Waals surface area contributed by atoms with Gasteiger partial charge in [-0.2, -0.15) is 0 Å². The topological polar surface area (TPSA) is 87.9 Å². The van der Waals surface area contributed by atoms with Crippen molar-refractivity contribution < 1.29 is 22.6 Å². The number of hydrogen-bond acceptors (Lipinski definition) is 6. The fourth-order valence-electron chi connectivity index (χ4n) is 3.47. The van der Waals surface area contributed by atoms with Crippen LogP contribution in [0.15, 0.2) is 18.2 Å². The highest BCUT2D eigenvalue weighted by Crippen LogP contribution is 2.64. The fourth-order valence-corrected chi connectivity index (χ4v) is 5.93. The predicted octanol–water partition coefficient (Wildman–Crippen LogP) is 1.23. The van der Waals surface area contributed by atoms with E-state index in [1.54, 1.807) is 19.1 Å². The van der Waals surface area contributed by atoms with E-state index < -0.39 is 20.5 Å². The Balaban J connectivity index is 2.06. The van der Waals surface area contributed by atoms with E-state index in [9.17, 15) is 8.42 Å². The highest BCUT2D eigenvalue weighted by Gasteiger charge is 2.72. The molecule has 1 aromatic rings. The van der Waals surface area contributed by atoms with Crippen LogP contribution in [-0.2, 0) is 14.6 Å². The zero-order valence-corrected chi connectivity index (χ0v) is 14.6. The number of ether oxygens (including phenoxy) is 3. The Morgan fingerprint density at radius 1 is 1.43 bits per heavy atom. The molecule has 1 saturated carbocycles. The van der Waals surface area contributed by atoms with Gasteiger partial charge in [-0.25, -0.2) is 8.42 Å². The number of rotatable bonds is 6. The third-order valence-corrected chi connectivity index (χ3v) is 7.29. The molecule has 6 nitrogen and oxygen atoms in total. The Bertz CT molecular complexity index is 748. The normalized spacial score (nSPS) is 28.6. The van der Waals surface area contributed by atoms with Crippen molar-refractivity contribution in [3.63, 3.8) is 0 Å². The van der Waals surface area contributed by atoms with E-state index in [1.165, 1.54) is 7.11 Å². The lowest BCUT2D eigenvalue weighted by molar-refractivity contribution is 0.166. The highest BCUT2D eigenvalue weighted by atomic mass is 32.2. The van der Waals surface area contributed by atoms with Crippen LogP contribution in [0.5, 0.6) is 11.5 Å². The summed E-state index contributed by atoms with van der Waals surface area (Å²) < 4.78 is 41.0. The summed E-state index contributed by atoms with van der Waals surface area (Å²) in [7, 11) is -1.81. The molecule has 1 aliphatic carbocycles. The molecule has 0 radical (unpaired) electrons. The first-order chi connectivity index (χ1) is 10.9. The standard InChI is InChI=1S/C15H19NO5S2/c1-3-23(17,18)13-12(15(13,7-19-2)14(16)22)9-4-5-10-11(6-9)21-8-20-10/h4-6,12-13H,3,7-8H2,1-2H3,(H2,16,22)/t12-,13+,15-/m0/s1. The third-order valence-electron chi connectivity index (χ3n) is 4.64. The predicted molar refractivity (Wildman–Crippen MR) is 89.6 cm³/mol. The van der Waals surface area contributed by atoms with Gasteiger partial charge < -0.3 is 19.9 Å². The van der Waals surface area contributed by atoms with Crippen molar-refractivity contribution in [3.8, 4) is 11.5 Å². The largest absolute Gasteiger partial charge is 0.454 e. The van der Waals surface area contributed by atoms with E-state index in [0.29, 0.717) is 11.5 Å². The van der Waals surface area contributed by atoms with E-state index in [1.807, 2.05) is 6.07 Å². The van der Waals surface area contributed by atoms with Gasteiger partial charge in [0.2, 0.25) is 6.79 Å². The first-order valence-electron chi connectivity index (χ1n) is 7.28. The maximum absolute atomic E-state index is 12.5. The molecule has 2 aliphatic rings. The summed E-state index contributed by atoms with van der Waals surface area (Å²) in [4.78, 5) is 0.170. The van der Waals surface area contributed by atoms with Crippen LogP contribution in [0.1, 0.15) is 18.4 Å². The van der Waals surface area contributed by atoms with E-state index in [-0.39, 0.29) is 30.1 Å². The van der Waals surface area contributed by atoms with Gasteiger partial charge in [0, 0.05) is 18.8 Å². The lowest BCUT2D eigenvalue weighted by atomic mass is 9.99. The van der Waals surface area contributed by atoms with Gasteiger partial charge in [0.15, 0.2) is 21.3 Å². The van der Waals surface area contributed by atoms with Gasteiger partial charge in [-0.3, -0.25) is 0 Å². The number of sulfone groups is 1. The van der Waals surface area contributed by atoms with Crippen molar-refractivity contribution in [1.29, 1.82) is 0 Å². The lowest BCUT2D eigenvalue weighted by Crippen LogP contribution is -2.33. The molecule has 3 atom stereocenters. The summed E-state index contributed by atoms with van der Waals surface area (Å²) in [5, 5.41) is -0.669. The van der Waals surface area contributed by atoms with Crippen LogP contribution in [0.3, 0.4) is 0 Å². The Kier molecular flexibility index (Phi) is 4.02. The molecule has 8 heteroatoms. The molecule has 2 N–H and O–H groups in total. The van der Waals surface area contributed by atoms with Crippen molar-refractivity contribution in [1.82, 2.24) is 0 Å². The molecule has 1 fully saturated rings. The summed E-state index contributed by atoms with van der Waals surface area (Å²) in [6.45, 7) is 1.96. The molecule has 0 amide bonds. The number of methoxy groups -OCH3 is 1. The van der Waals surface area contributed by atoms with Crippen LogP contribution in [0.4, 0.5) is 0 Å². The minimum atomic E-state index is -3.33. The van der Waals surface area contributed by atoms with Gasteiger partial charge in [-0.05, 0) is 17.7 Å². The number of benzene rings is 1. The fraction of sp³-hybridized carbons (Fsp3) is 0.533. The highest BCUT2D eigenvalue weighted by molar-refractivity contribution is 7.92. The molecule has 3 rings (SSSR count). The SMILES string of the molecule is CCS(=O)(=O)[C@@H]1[C@H](c2ccc3c(c2)OCO3)[C@]1(COC)C(N)=S. The first kappa shape index (κ1) is 16.5. The van der Waals surface area contributed by atoms with Gasteiger partial charge in [0.25, 0.3) is 0 Å². The molecule has 1 heterocycles. The van der Waals surface area contributed by atoms with Crippen LogP contribution in [0.2, 0.25) is 0 Å². The average Bonchev–Trinajstić information content (AvgIpc) is 2.99.